The van der Waals surface area contributed by atoms with Gasteiger partial charge in [0.05, 0.1) is 0 Å². The van der Waals surface area contributed by atoms with Crippen molar-refractivity contribution in [3.05, 3.63) is 0 Å². The summed E-state index contributed by atoms with van der Waals surface area (Å²) in [5.74, 6) is 1.42. The summed E-state index contributed by atoms with van der Waals surface area (Å²) in [5, 5.41) is 6.71. The Kier molecular flexibility index (Phi) is 6.94. The molecule has 0 fully saturated rings. The fourth-order valence-corrected chi connectivity index (χ4v) is 1.87. The van der Waals surface area contributed by atoms with Gasteiger partial charge in [-0.25, -0.2) is 0 Å². The molecule has 0 aliphatic heterocycles. The smallest absolute Gasteiger partial charge is 0.302 e. The van der Waals surface area contributed by atoms with Crippen LogP contribution in [0.15, 0.2) is 5.16 Å². The first kappa shape index (κ1) is 15.5. The second-order valence-electron chi connectivity index (χ2n) is 3.51. The van der Waals surface area contributed by atoms with Crippen LogP contribution in [0.4, 0.5) is 11.9 Å². The molecule has 0 atom stereocenters. The van der Waals surface area contributed by atoms with E-state index >= 15 is 0 Å². The van der Waals surface area contributed by atoms with E-state index < -0.39 is 0 Å². The van der Waals surface area contributed by atoms with Crippen molar-refractivity contribution in [2.24, 2.45) is 0 Å². The van der Waals surface area contributed by atoms with Gasteiger partial charge in [0.2, 0.25) is 11.9 Å². The molecule has 1 aromatic heterocycles. The van der Waals surface area contributed by atoms with E-state index in [1.807, 2.05) is 13.8 Å². The van der Waals surface area contributed by atoms with E-state index in [9.17, 15) is 4.79 Å². The first-order valence-electron chi connectivity index (χ1n) is 6.15. The molecule has 0 aromatic carbocycles. The molecule has 0 saturated heterocycles. The summed E-state index contributed by atoms with van der Waals surface area (Å²) in [7, 11) is 0. The first-order chi connectivity index (χ1) is 9.15. The Bertz CT molecular complexity index is 392. The minimum absolute atomic E-state index is 0.280. The number of rotatable bonds is 8. The van der Waals surface area contributed by atoms with Crippen LogP contribution in [-0.4, -0.2) is 46.4 Å². The number of nitrogens with one attached hydrogen (secondary N) is 2. The molecule has 7 nitrogen and oxygen atoms in total. The lowest BCUT2D eigenvalue weighted by atomic mass is 10.7. The highest BCUT2D eigenvalue weighted by Gasteiger charge is 2.06. The Morgan fingerprint density at radius 3 is 2.21 bits per heavy atom. The summed E-state index contributed by atoms with van der Waals surface area (Å²) in [5.41, 5.74) is 0. The van der Waals surface area contributed by atoms with E-state index in [1.54, 1.807) is 0 Å². The average molecular weight is 285 g/mol. The number of hydrogen-bond acceptors (Lipinski definition) is 8. The van der Waals surface area contributed by atoms with Gasteiger partial charge in [-0.3, -0.25) is 4.79 Å². The zero-order valence-corrected chi connectivity index (χ0v) is 12.2. The van der Waals surface area contributed by atoms with E-state index in [2.05, 4.69) is 25.6 Å². The number of esters is 1. The Hall–Kier alpha value is -1.57. The number of hydrogen-bond donors (Lipinski definition) is 2. The molecular weight excluding hydrogens is 266 g/mol. The van der Waals surface area contributed by atoms with E-state index in [1.165, 1.54) is 18.7 Å². The van der Waals surface area contributed by atoms with Gasteiger partial charge in [0.25, 0.3) is 0 Å². The third-order valence-corrected chi connectivity index (χ3v) is 2.72. The Labute approximate surface area is 117 Å². The maximum Gasteiger partial charge on any atom is 0.302 e. The highest BCUT2D eigenvalue weighted by Crippen LogP contribution is 2.16. The van der Waals surface area contributed by atoms with Crippen molar-refractivity contribution in [2.45, 2.75) is 25.9 Å². The van der Waals surface area contributed by atoms with Crippen LogP contribution in [0.1, 0.15) is 20.8 Å². The average Bonchev–Trinajstić information content (AvgIpc) is 2.35. The van der Waals surface area contributed by atoms with E-state index in [0.29, 0.717) is 29.4 Å². The number of ether oxygens (including phenoxy) is 1. The van der Waals surface area contributed by atoms with Gasteiger partial charge >= 0.3 is 5.97 Å². The largest absolute Gasteiger partial charge is 0.465 e. The van der Waals surface area contributed by atoms with Crippen molar-refractivity contribution in [2.75, 3.05) is 36.1 Å². The normalized spacial score (nSPS) is 10.1. The lowest BCUT2D eigenvalue weighted by molar-refractivity contribution is -0.140. The third kappa shape index (κ3) is 6.23. The van der Waals surface area contributed by atoms with Gasteiger partial charge in [-0.1, -0.05) is 11.8 Å². The van der Waals surface area contributed by atoms with Crippen LogP contribution in [0.5, 0.6) is 0 Å². The lowest BCUT2D eigenvalue weighted by Crippen LogP contribution is -2.10. The molecule has 0 unspecified atom stereocenters. The zero-order chi connectivity index (χ0) is 14.1. The van der Waals surface area contributed by atoms with Crippen LogP contribution in [0, 0.1) is 0 Å². The summed E-state index contributed by atoms with van der Waals surface area (Å²) in [6, 6.07) is 0. The predicted octanol–water partition coefficient (Wildman–Crippen LogP) is 1.39. The molecule has 1 heterocycles. The standard InChI is InChI=1S/C11H19N5O2S/c1-4-12-9-14-10(13-5-2)16-11(15-9)19-7-6-18-8(3)17/h4-7H2,1-3H3,(H2,12,13,14,15,16). The molecule has 0 spiro atoms. The molecule has 19 heavy (non-hydrogen) atoms. The molecule has 2 N–H and O–H groups in total. The molecule has 8 heteroatoms. The molecule has 0 bridgehead atoms. The molecule has 1 aromatic rings. The summed E-state index contributed by atoms with van der Waals surface area (Å²) in [6.45, 7) is 7.17. The van der Waals surface area contributed by atoms with Gasteiger partial charge in [-0.05, 0) is 13.8 Å². The van der Waals surface area contributed by atoms with Crippen LogP contribution in [0.3, 0.4) is 0 Å². The molecule has 0 aliphatic rings. The lowest BCUT2D eigenvalue weighted by Gasteiger charge is -2.08. The van der Waals surface area contributed by atoms with Crippen molar-refractivity contribution in [1.29, 1.82) is 0 Å². The summed E-state index contributed by atoms with van der Waals surface area (Å²) in [6.07, 6.45) is 0. The van der Waals surface area contributed by atoms with Gasteiger partial charge < -0.3 is 15.4 Å². The quantitative estimate of drug-likeness (QED) is 0.421. The van der Waals surface area contributed by atoms with E-state index in [4.69, 9.17) is 4.74 Å². The van der Waals surface area contributed by atoms with Gasteiger partial charge in [0, 0.05) is 25.8 Å². The van der Waals surface area contributed by atoms with E-state index in [-0.39, 0.29) is 5.97 Å². The highest BCUT2D eigenvalue weighted by molar-refractivity contribution is 7.99. The second kappa shape index (κ2) is 8.52. The minimum atomic E-state index is -0.280. The summed E-state index contributed by atoms with van der Waals surface area (Å²) >= 11 is 1.42. The van der Waals surface area contributed by atoms with Crippen molar-refractivity contribution in [3.63, 3.8) is 0 Å². The monoisotopic (exact) mass is 285 g/mol. The summed E-state index contributed by atoms with van der Waals surface area (Å²) < 4.78 is 4.86. The highest BCUT2D eigenvalue weighted by atomic mass is 32.2. The second-order valence-corrected chi connectivity index (χ2v) is 4.58. The maximum atomic E-state index is 10.6. The topological polar surface area (TPSA) is 89.0 Å². The fourth-order valence-electron chi connectivity index (χ4n) is 1.21. The molecule has 106 valence electrons. The molecule has 0 radical (unpaired) electrons. The minimum Gasteiger partial charge on any atom is -0.465 e. The van der Waals surface area contributed by atoms with Gasteiger partial charge in [0.15, 0.2) is 5.16 Å². The predicted molar refractivity (Wildman–Crippen MR) is 75.5 cm³/mol. The number of anilines is 2. The number of carbonyl (C=O) groups excluding carboxylic acids is 1. The van der Waals surface area contributed by atoms with Crippen LogP contribution < -0.4 is 10.6 Å². The zero-order valence-electron chi connectivity index (χ0n) is 11.4. The van der Waals surface area contributed by atoms with Gasteiger partial charge in [-0.15, -0.1) is 0 Å². The first-order valence-corrected chi connectivity index (χ1v) is 7.14. The number of nitrogens with zero attached hydrogens (tertiary/aromatic N) is 3. The van der Waals surface area contributed by atoms with Crippen LogP contribution in [0.2, 0.25) is 0 Å². The molecule has 0 aliphatic carbocycles. The molecule has 0 saturated carbocycles. The Morgan fingerprint density at radius 1 is 1.16 bits per heavy atom. The molecular formula is C11H19N5O2S. The maximum absolute atomic E-state index is 10.6. The number of thioether (sulfide) groups is 1. The fraction of sp³-hybridized carbons (Fsp3) is 0.636. The Morgan fingerprint density at radius 2 is 1.74 bits per heavy atom. The molecule has 1 rings (SSSR count). The Balaban J connectivity index is 2.61. The van der Waals surface area contributed by atoms with Crippen molar-refractivity contribution >= 4 is 29.6 Å². The number of aromatic nitrogens is 3. The van der Waals surface area contributed by atoms with Crippen LogP contribution >= 0.6 is 11.8 Å². The van der Waals surface area contributed by atoms with Gasteiger partial charge in [0.1, 0.15) is 6.61 Å². The van der Waals surface area contributed by atoms with Crippen LogP contribution in [-0.2, 0) is 9.53 Å². The summed E-state index contributed by atoms with van der Waals surface area (Å²) in [4.78, 5) is 23.4. The van der Waals surface area contributed by atoms with E-state index in [0.717, 1.165) is 13.1 Å². The van der Waals surface area contributed by atoms with Crippen LogP contribution in [0.25, 0.3) is 0 Å². The van der Waals surface area contributed by atoms with Crippen molar-refractivity contribution in [1.82, 2.24) is 15.0 Å². The SMILES string of the molecule is CCNc1nc(NCC)nc(SCCOC(C)=O)n1. The number of carbonyl (C=O) groups is 1. The van der Waals surface area contributed by atoms with Crippen molar-refractivity contribution in [3.8, 4) is 0 Å². The molecule has 0 amide bonds. The third-order valence-electron chi connectivity index (χ3n) is 1.90. The van der Waals surface area contributed by atoms with Gasteiger partial charge in [-0.2, -0.15) is 15.0 Å². The van der Waals surface area contributed by atoms with Crippen molar-refractivity contribution < 1.29 is 9.53 Å².